The summed E-state index contributed by atoms with van der Waals surface area (Å²) in [5.41, 5.74) is 1.70. The highest BCUT2D eigenvalue weighted by Crippen LogP contribution is 2.16. The summed E-state index contributed by atoms with van der Waals surface area (Å²) in [4.78, 5) is 22.1. The van der Waals surface area contributed by atoms with E-state index in [9.17, 15) is 4.79 Å². The third kappa shape index (κ3) is 6.11. The van der Waals surface area contributed by atoms with Gasteiger partial charge in [-0.15, -0.1) is 0 Å². The molecule has 6 nitrogen and oxygen atoms in total. The zero-order valence-electron chi connectivity index (χ0n) is 17.8. The van der Waals surface area contributed by atoms with Crippen LogP contribution in [0.4, 0.5) is 0 Å². The summed E-state index contributed by atoms with van der Waals surface area (Å²) in [5.74, 6) is 0.793. The fourth-order valence-corrected chi connectivity index (χ4v) is 4.09. The molecular formula is C24H26Cl2N4O2. The lowest BCUT2D eigenvalue weighted by molar-refractivity contribution is 0.0318. The lowest BCUT2D eigenvalue weighted by Gasteiger charge is -2.30. The fraction of sp³-hybridized carbons (Fsp3) is 0.333. The number of aromatic nitrogens is 2. The van der Waals surface area contributed by atoms with E-state index in [-0.39, 0.29) is 5.91 Å². The summed E-state index contributed by atoms with van der Waals surface area (Å²) < 4.78 is 7.50. The van der Waals surface area contributed by atoms with Gasteiger partial charge in [0.25, 0.3) is 5.91 Å². The van der Waals surface area contributed by atoms with Gasteiger partial charge in [-0.3, -0.25) is 9.69 Å². The quantitative estimate of drug-likeness (QED) is 0.492. The van der Waals surface area contributed by atoms with Crippen LogP contribution in [0.1, 0.15) is 21.7 Å². The van der Waals surface area contributed by atoms with Crippen molar-refractivity contribution in [2.75, 3.05) is 39.4 Å². The van der Waals surface area contributed by atoms with Crippen LogP contribution in [0.5, 0.6) is 0 Å². The Morgan fingerprint density at radius 1 is 1.06 bits per heavy atom. The highest BCUT2D eigenvalue weighted by molar-refractivity contribution is 6.30. The topological polar surface area (TPSA) is 50.6 Å². The smallest absolute Gasteiger partial charge is 0.254 e. The van der Waals surface area contributed by atoms with Gasteiger partial charge in [-0.2, -0.15) is 0 Å². The van der Waals surface area contributed by atoms with Crippen molar-refractivity contribution >= 4 is 29.1 Å². The Morgan fingerprint density at radius 2 is 1.84 bits per heavy atom. The summed E-state index contributed by atoms with van der Waals surface area (Å²) in [5, 5.41) is 1.31. The molecule has 0 bridgehead atoms. The summed E-state index contributed by atoms with van der Waals surface area (Å²) in [6, 6.07) is 14.8. The molecule has 3 aromatic rings. The van der Waals surface area contributed by atoms with Gasteiger partial charge in [-0.25, -0.2) is 4.98 Å². The normalized spacial score (nSPS) is 14.4. The van der Waals surface area contributed by atoms with Crippen LogP contribution in [0.3, 0.4) is 0 Å². The van der Waals surface area contributed by atoms with Gasteiger partial charge in [0.05, 0.1) is 19.8 Å². The van der Waals surface area contributed by atoms with Crippen molar-refractivity contribution in [2.45, 2.75) is 13.1 Å². The Kier molecular flexibility index (Phi) is 7.81. The Bertz CT molecular complexity index is 1030. The number of halogens is 2. The van der Waals surface area contributed by atoms with E-state index in [0.717, 1.165) is 44.2 Å². The zero-order valence-corrected chi connectivity index (χ0v) is 19.3. The summed E-state index contributed by atoms with van der Waals surface area (Å²) in [6.45, 7) is 5.67. The molecule has 0 saturated carbocycles. The maximum absolute atomic E-state index is 13.4. The lowest BCUT2D eigenvalue weighted by atomic mass is 10.2. The minimum Gasteiger partial charge on any atom is -0.379 e. The Labute approximate surface area is 198 Å². The third-order valence-electron chi connectivity index (χ3n) is 5.54. The minimum absolute atomic E-state index is 0.0350. The van der Waals surface area contributed by atoms with Gasteiger partial charge in [0.2, 0.25) is 0 Å². The zero-order chi connectivity index (χ0) is 22.3. The first-order valence-electron chi connectivity index (χ1n) is 10.7. The summed E-state index contributed by atoms with van der Waals surface area (Å²) in [6.07, 6.45) is 3.70. The number of hydrogen-bond acceptors (Lipinski definition) is 4. The summed E-state index contributed by atoms with van der Waals surface area (Å²) in [7, 11) is 0. The monoisotopic (exact) mass is 472 g/mol. The van der Waals surface area contributed by atoms with Gasteiger partial charge < -0.3 is 14.2 Å². The average Bonchev–Trinajstić information content (AvgIpc) is 3.24. The van der Waals surface area contributed by atoms with Crippen molar-refractivity contribution in [2.24, 2.45) is 0 Å². The van der Waals surface area contributed by atoms with Crippen molar-refractivity contribution in [1.29, 1.82) is 0 Å². The molecular weight excluding hydrogens is 447 g/mol. The predicted molar refractivity (Wildman–Crippen MR) is 126 cm³/mol. The maximum atomic E-state index is 13.4. The molecule has 0 N–H and O–H groups in total. The van der Waals surface area contributed by atoms with Gasteiger partial charge in [0.1, 0.15) is 5.82 Å². The molecule has 0 unspecified atom stereocenters. The van der Waals surface area contributed by atoms with E-state index >= 15 is 0 Å². The molecule has 1 fully saturated rings. The third-order valence-corrected chi connectivity index (χ3v) is 6.03. The number of amides is 1. The van der Waals surface area contributed by atoms with Gasteiger partial charge in [0.15, 0.2) is 0 Å². The van der Waals surface area contributed by atoms with Crippen LogP contribution >= 0.6 is 23.2 Å². The molecule has 1 aromatic heterocycles. The van der Waals surface area contributed by atoms with Crippen LogP contribution < -0.4 is 0 Å². The second kappa shape index (κ2) is 11.0. The van der Waals surface area contributed by atoms with Crippen LogP contribution in [-0.4, -0.2) is 64.7 Å². The van der Waals surface area contributed by atoms with Gasteiger partial charge in [0, 0.05) is 60.7 Å². The molecule has 0 spiro atoms. The van der Waals surface area contributed by atoms with E-state index in [1.54, 1.807) is 30.5 Å². The number of carbonyl (C=O) groups is 1. The molecule has 1 aliphatic heterocycles. The van der Waals surface area contributed by atoms with Crippen molar-refractivity contribution in [3.8, 4) is 0 Å². The van der Waals surface area contributed by atoms with Crippen LogP contribution in [0.15, 0.2) is 60.9 Å². The van der Waals surface area contributed by atoms with Gasteiger partial charge >= 0.3 is 0 Å². The van der Waals surface area contributed by atoms with E-state index < -0.39 is 0 Å². The SMILES string of the molecule is O=C(c1ccc(Cl)cc1)N(CCN1CCOCC1)Cc1nccn1Cc1cccc(Cl)c1. The first-order chi connectivity index (χ1) is 15.6. The molecule has 4 rings (SSSR count). The summed E-state index contributed by atoms with van der Waals surface area (Å²) >= 11 is 12.2. The second-order valence-corrected chi connectivity index (χ2v) is 8.66. The van der Waals surface area contributed by atoms with E-state index in [0.29, 0.717) is 35.2 Å². The van der Waals surface area contributed by atoms with E-state index in [1.807, 2.05) is 35.4 Å². The molecule has 1 saturated heterocycles. The van der Waals surface area contributed by atoms with E-state index in [4.69, 9.17) is 27.9 Å². The number of benzene rings is 2. The molecule has 8 heteroatoms. The first-order valence-corrected chi connectivity index (χ1v) is 11.4. The molecule has 1 aliphatic rings. The first kappa shape index (κ1) is 22.8. The number of carbonyl (C=O) groups excluding carboxylic acids is 1. The average molecular weight is 473 g/mol. The number of hydrogen-bond donors (Lipinski definition) is 0. The van der Waals surface area contributed by atoms with Crippen molar-refractivity contribution < 1.29 is 9.53 Å². The number of ether oxygens (including phenoxy) is 1. The standard InChI is InChI=1S/C24H26Cl2N4O2/c25-21-6-4-20(5-7-21)24(31)30(11-10-28-12-14-32-15-13-28)18-23-27-8-9-29(23)17-19-2-1-3-22(26)16-19/h1-9,16H,10-15,17-18H2. The highest BCUT2D eigenvalue weighted by atomic mass is 35.5. The van der Waals surface area contributed by atoms with Crippen LogP contribution in [-0.2, 0) is 17.8 Å². The Hall–Kier alpha value is -2.38. The number of rotatable bonds is 8. The minimum atomic E-state index is -0.0350. The van der Waals surface area contributed by atoms with Crippen molar-refractivity contribution in [3.63, 3.8) is 0 Å². The van der Waals surface area contributed by atoms with Gasteiger partial charge in [-0.05, 0) is 42.0 Å². The molecule has 0 radical (unpaired) electrons. The molecule has 2 heterocycles. The number of nitrogens with zero attached hydrogens (tertiary/aromatic N) is 4. The molecule has 0 aliphatic carbocycles. The number of imidazole rings is 1. The maximum Gasteiger partial charge on any atom is 0.254 e. The Morgan fingerprint density at radius 3 is 2.59 bits per heavy atom. The van der Waals surface area contributed by atoms with Crippen molar-refractivity contribution in [3.05, 3.63) is 87.9 Å². The fourth-order valence-electron chi connectivity index (χ4n) is 3.75. The van der Waals surface area contributed by atoms with Crippen LogP contribution in [0.2, 0.25) is 10.0 Å². The highest BCUT2D eigenvalue weighted by Gasteiger charge is 2.20. The van der Waals surface area contributed by atoms with Gasteiger partial charge in [-0.1, -0.05) is 35.3 Å². The largest absolute Gasteiger partial charge is 0.379 e. The van der Waals surface area contributed by atoms with E-state index in [2.05, 4.69) is 14.5 Å². The number of morpholine rings is 1. The molecule has 2 aromatic carbocycles. The second-order valence-electron chi connectivity index (χ2n) is 7.79. The molecule has 0 atom stereocenters. The lowest BCUT2D eigenvalue weighted by Crippen LogP contribution is -2.43. The molecule has 168 valence electrons. The molecule has 1 amide bonds. The van der Waals surface area contributed by atoms with Crippen LogP contribution in [0.25, 0.3) is 0 Å². The van der Waals surface area contributed by atoms with Crippen LogP contribution in [0, 0.1) is 0 Å². The van der Waals surface area contributed by atoms with E-state index in [1.165, 1.54) is 0 Å². The van der Waals surface area contributed by atoms with Crippen molar-refractivity contribution in [1.82, 2.24) is 19.4 Å². The predicted octanol–water partition coefficient (Wildman–Crippen LogP) is 4.21. The molecule has 32 heavy (non-hydrogen) atoms. The Balaban J connectivity index is 1.51.